The maximum atomic E-state index is 6.08. The van der Waals surface area contributed by atoms with Crippen molar-refractivity contribution in [2.24, 2.45) is 0 Å². The van der Waals surface area contributed by atoms with Crippen LogP contribution in [-0.2, 0) is 28.6 Å². The van der Waals surface area contributed by atoms with Crippen LogP contribution >= 0.6 is 0 Å². The van der Waals surface area contributed by atoms with Crippen LogP contribution in [0.4, 0.5) is 5.69 Å². The number of nitrogens with zero attached hydrogens (tertiary/aromatic N) is 1. The van der Waals surface area contributed by atoms with Crippen molar-refractivity contribution in [2.75, 3.05) is 66.3 Å². The zero-order valence-corrected chi connectivity index (χ0v) is 32.8. The lowest BCUT2D eigenvalue weighted by Gasteiger charge is -2.37. The van der Waals surface area contributed by atoms with E-state index < -0.39 is 35.0 Å². The molecule has 1 aromatic rings. The lowest BCUT2D eigenvalue weighted by atomic mass is 10.0. The number of benzene rings is 1. The summed E-state index contributed by atoms with van der Waals surface area (Å²) < 4.78 is 28.8. The molecule has 7 nitrogen and oxygen atoms in total. The molecular weight excluding hydrogens is 585 g/mol. The zero-order chi connectivity index (χ0) is 30.5. The van der Waals surface area contributed by atoms with Gasteiger partial charge in [0, 0.05) is 65.9 Å². The van der Waals surface area contributed by atoms with Crippen molar-refractivity contribution in [1.29, 1.82) is 0 Å². The van der Waals surface area contributed by atoms with Gasteiger partial charge in [-0.3, -0.25) is 0 Å². The minimum atomic E-state index is -2.47. The van der Waals surface area contributed by atoms with Crippen LogP contribution in [0.25, 0.3) is 0 Å². The van der Waals surface area contributed by atoms with Crippen molar-refractivity contribution in [3.8, 4) is 0 Å². The predicted molar refractivity (Wildman–Crippen MR) is 182 cm³/mol. The summed E-state index contributed by atoms with van der Waals surface area (Å²) in [6.45, 7) is 21.9. The molecule has 0 bridgehead atoms. The Morgan fingerprint density at radius 2 is 1.50 bits per heavy atom. The summed E-state index contributed by atoms with van der Waals surface area (Å²) in [6, 6.07) is 4.62. The Labute approximate surface area is 254 Å². The van der Waals surface area contributed by atoms with Gasteiger partial charge in [0.15, 0.2) is 0 Å². The maximum Gasteiger partial charge on any atom is 0.500 e. The summed E-state index contributed by atoms with van der Waals surface area (Å²) in [7, 11) is 3.38. The largest absolute Gasteiger partial charge is 0.500 e. The van der Waals surface area contributed by atoms with Crippen molar-refractivity contribution in [1.82, 2.24) is 5.32 Å². The van der Waals surface area contributed by atoms with E-state index in [9.17, 15) is 0 Å². The molecule has 0 heterocycles. The van der Waals surface area contributed by atoms with Gasteiger partial charge in [-0.05, 0) is 62.3 Å². The lowest BCUT2D eigenvalue weighted by Crippen LogP contribution is -2.47. The van der Waals surface area contributed by atoms with E-state index in [0.29, 0.717) is 0 Å². The fourth-order valence-electron chi connectivity index (χ4n) is 5.37. The van der Waals surface area contributed by atoms with Crippen molar-refractivity contribution in [3.05, 3.63) is 17.2 Å². The highest BCUT2D eigenvalue weighted by Gasteiger charge is 2.40. The fraction of sp³-hybridized carbons (Fsp3) is 0.786. The Kier molecular flexibility index (Phi) is 17.5. The van der Waals surface area contributed by atoms with E-state index in [4.69, 9.17) is 22.1 Å². The second-order valence-electron chi connectivity index (χ2n) is 10.9. The van der Waals surface area contributed by atoms with Gasteiger partial charge in [0.2, 0.25) is 0 Å². The Morgan fingerprint density at radius 3 is 1.95 bits per heavy atom. The molecule has 12 heteroatoms. The third kappa shape index (κ3) is 9.69. The Bertz CT molecular complexity index is 858. The highest BCUT2D eigenvalue weighted by molar-refractivity contribution is 6.76. The van der Waals surface area contributed by atoms with Crippen molar-refractivity contribution in [2.45, 2.75) is 84.0 Å². The van der Waals surface area contributed by atoms with Crippen molar-refractivity contribution < 1.29 is 22.1 Å². The second kappa shape index (κ2) is 18.5. The van der Waals surface area contributed by atoms with E-state index in [1.807, 2.05) is 14.2 Å². The fourth-order valence-corrected chi connectivity index (χ4v) is 12.8. The van der Waals surface area contributed by atoms with E-state index in [1.54, 1.807) is 37.3 Å². The first kappa shape index (κ1) is 37.9. The molecule has 0 saturated heterocycles. The number of nitrogens with one attached hydrogen (secondary N) is 1. The molecule has 0 aromatic heterocycles. The molecule has 0 spiro atoms. The summed E-state index contributed by atoms with van der Waals surface area (Å²) in [5.74, 6) is 0. The van der Waals surface area contributed by atoms with Crippen LogP contribution in [0, 0.1) is 0 Å². The van der Waals surface area contributed by atoms with Gasteiger partial charge >= 0.3 is 17.4 Å². The van der Waals surface area contributed by atoms with Gasteiger partial charge in [0.05, 0.1) is 27.1 Å². The van der Waals surface area contributed by atoms with Crippen molar-refractivity contribution in [3.63, 3.8) is 0 Å². The van der Waals surface area contributed by atoms with Gasteiger partial charge in [-0.1, -0.05) is 50.4 Å². The molecular formula is C28H58N2O5Si5. The van der Waals surface area contributed by atoms with Gasteiger partial charge in [-0.25, -0.2) is 0 Å². The molecule has 4 radical (unpaired) electrons. The van der Waals surface area contributed by atoms with Crippen LogP contribution in [0.3, 0.4) is 0 Å². The summed E-state index contributed by atoms with van der Waals surface area (Å²) in [6.07, 6.45) is 3.21. The molecule has 0 amide bonds. The highest BCUT2D eigenvalue weighted by atomic mass is 28.4. The number of anilines is 1. The first-order valence-corrected chi connectivity index (χ1v) is 25.4. The van der Waals surface area contributed by atoms with Crippen LogP contribution in [0.15, 0.2) is 6.07 Å². The monoisotopic (exact) mass is 642 g/mol. The average molecular weight is 643 g/mol. The third-order valence-corrected chi connectivity index (χ3v) is 18.7. The topological polar surface area (TPSA) is 61.4 Å². The molecule has 1 aromatic carbocycles. The molecule has 1 atom stereocenters. The summed E-state index contributed by atoms with van der Waals surface area (Å²) in [4.78, 5) is 2.59. The van der Waals surface area contributed by atoms with E-state index >= 15 is 0 Å². The van der Waals surface area contributed by atoms with Gasteiger partial charge in [-0.2, -0.15) is 0 Å². The van der Waals surface area contributed by atoms with Crippen molar-refractivity contribution >= 4 is 60.5 Å². The average Bonchev–Trinajstić information content (AvgIpc) is 2.96. The Balaban J connectivity index is 3.24. The summed E-state index contributed by atoms with van der Waals surface area (Å²) in [5, 5.41) is 6.91. The smallest absolute Gasteiger partial charge is 0.397 e. The number of hydrogen-bond acceptors (Lipinski definition) is 7. The Hall–Kier alpha value is -0.136. The minimum Gasteiger partial charge on any atom is -0.397 e. The molecule has 0 saturated carbocycles. The van der Waals surface area contributed by atoms with Crippen LogP contribution in [0.5, 0.6) is 0 Å². The first-order chi connectivity index (χ1) is 19.0. The summed E-state index contributed by atoms with van der Waals surface area (Å²) in [5.41, 5.74) is 4.82. The molecule has 1 unspecified atom stereocenters. The third-order valence-electron chi connectivity index (χ3n) is 8.19. The lowest BCUT2D eigenvalue weighted by molar-refractivity contribution is 0.123. The minimum absolute atomic E-state index is 0.245. The van der Waals surface area contributed by atoms with E-state index in [0.717, 1.165) is 54.2 Å². The van der Waals surface area contributed by atoms with Gasteiger partial charge in [-0.15, -0.1) is 0 Å². The molecule has 0 fully saturated rings. The summed E-state index contributed by atoms with van der Waals surface area (Å²) >= 11 is 0. The predicted octanol–water partition coefficient (Wildman–Crippen LogP) is 3.94. The van der Waals surface area contributed by atoms with Gasteiger partial charge in [0.1, 0.15) is 0 Å². The number of hydrogen-bond donors (Lipinski definition) is 1. The first-order valence-electron chi connectivity index (χ1n) is 14.7. The van der Waals surface area contributed by atoms with E-state index in [-0.39, 0.29) is 5.54 Å². The quantitative estimate of drug-likeness (QED) is 0.161. The van der Waals surface area contributed by atoms with Crippen LogP contribution in [0.1, 0.15) is 43.9 Å². The normalized spacial score (nSPS) is 13.5. The molecule has 1 rings (SSSR count). The van der Waals surface area contributed by atoms with Crippen LogP contribution < -0.4 is 20.6 Å². The molecule has 230 valence electrons. The second-order valence-corrected chi connectivity index (χ2v) is 24.1. The molecule has 0 aliphatic carbocycles. The van der Waals surface area contributed by atoms with Crippen LogP contribution in [-0.4, -0.2) is 106 Å². The Morgan fingerprint density at radius 1 is 0.925 bits per heavy atom. The SMILES string of the molecule is CCN(CC)c1c(C(C)[Si](C)(OC)OC)cc([Si](C)C)c(CC[Si]CNCCC[Si](OC)(OC)OC)c1[Si](C)C. The number of rotatable bonds is 21. The molecule has 1 N–H and O–H groups in total. The van der Waals surface area contributed by atoms with E-state index in [2.05, 4.69) is 69.8 Å². The molecule has 0 aliphatic heterocycles. The van der Waals surface area contributed by atoms with E-state index in [1.165, 1.54) is 17.3 Å². The maximum absolute atomic E-state index is 6.08. The highest BCUT2D eigenvalue weighted by Crippen LogP contribution is 2.35. The molecule has 40 heavy (non-hydrogen) atoms. The van der Waals surface area contributed by atoms with Gasteiger partial charge < -0.3 is 32.3 Å². The van der Waals surface area contributed by atoms with Gasteiger partial charge in [0.25, 0.3) is 0 Å². The zero-order valence-electron chi connectivity index (χ0n) is 27.8. The molecule has 0 aliphatic rings. The van der Waals surface area contributed by atoms with Crippen LogP contribution in [0.2, 0.25) is 44.8 Å². The standard InChI is InChI=1S/C28H58N2O5Si5/c1-14-30(15-2)27-25(23(3)39(13,31-4)32-5)21-26(37(9)10)24(28(27)38(11)12)17-19-36-22-29-18-16-20-40(33-6,34-7)35-8/h21,23,29H,14-20,22H2,1-13H3.